The molecule has 2 amide bonds. The van der Waals surface area contributed by atoms with Gasteiger partial charge in [0, 0.05) is 32.0 Å². The Hall–Kier alpha value is -3.02. The lowest BCUT2D eigenvalue weighted by atomic mass is 10.1. The van der Waals surface area contributed by atoms with Gasteiger partial charge in [0.05, 0.1) is 7.11 Å². The maximum Gasteiger partial charge on any atom is 0.225 e. The highest BCUT2D eigenvalue weighted by Gasteiger charge is 2.18. The number of nitrogens with one attached hydrogen (secondary N) is 1. The quantitative estimate of drug-likeness (QED) is 0.542. The first-order valence-corrected chi connectivity index (χ1v) is 11.3. The third kappa shape index (κ3) is 9.00. The number of rotatable bonds is 11. The van der Waals surface area contributed by atoms with Crippen LogP contribution in [0.3, 0.4) is 0 Å². The molecule has 0 fully saturated rings. The number of hydrogen-bond acceptors (Lipinski definition) is 4. The van der Waals surface area contributed by atoms with Gasteiger partial charge in [-0.25, -0.2) is 0 Å². The Labute approximate surface area is 192 Å². The number of ether oxygens (including phenoxy) is 2. The van der Waals surface area contributed by atoms with Crippen molar-refractivity contribution in [2.75, 3.05) is 20.2 Å². The topological polar surface area (TPSA) is 67.9 Å². The number of carbonyl (C=O) groups excluding carboxylic acids is 2. The first kappa shape index (κ1) is 27.0. The van der Waals surface area contributed by atoms with Crippen LogP contribution in [-0.4, -0.2) is 36.9 Å². The van der Waals surface area contributed by atoms with Crippen LogP contribution in [0, 0.1) is 5.92 Å². The summed E-state index contributed by atoms with van der Waals surface area (Å²) in [7, 11) is 1.60. The molecule has 0 aliphatic rings. The Balaban J connectivity index is 0.00000249. The molecule has 2 aromatic rings. The highest BCUT2D eigenvalue weighted by Crippen LogP contribution is 2.29. The van der Waals surface area contributed by atoms with Gasteiger partial charge < -0.3 is 19.7 Å². The fourth-order valence-electron chi connectivity index (χ4n) is 2.97. The highest BCUT2D eigenvalue weighted by atomic mass is 16.5. The molecule has 2 rings (SSSR count). The lowest BCUT2D eigenvalue weighted by molar-refractivity contribution is -0.135. The average Bonchev–Trinajstić information content (AvgIpc) is 2.83. The van der Waals surface area contributed by atoms with Crippen LogP contribution >= 0.6 is 0 Å². The Kier molecular flexibility index (Phi) is 12.6. The number of carbonyl (C=O) groups is 2. The van der Waals surface area contributed by atoms with Crippen molar-refractivity contribution in [3.63, 3.8) is 0 Å². The van der Waals surface area contributed by atoms with E-state index in [1.54, 1.807) is 18.9 Å². The normalized spacial score (nSPS) is 10.1. The molecule has 0 bridgehead atoms. The van der Waals surface area contributed by atoms with Crippen molar-refractivity contribution in [2.24, 2.45) is 5.92 Å². The summed E-state index contributed by atoms with van der Waals surface area (Å²) in [4.78, 5) is 25.9. The SMILES string of the molecule is CC.CCC(=O)NCCN(Cc1ccc(OCc2ccccc2)c(OC)c1)C(=O)C(C)C. The Morgan fingerprint density at radius 3 is 2.28 bits per heavy atom. The second-order valence-electron chi connectivity index (χ2n) is 7.38. The maximum absolute atomic E-state index is 12.6. The van der Waals surface area contributed by atoms with Crippen LogP contribution in [0.2, 0.25) is 0 Å². The summed E-state index contributed by atoms with van der Waals surface area (Å²) >= 11 is 0. The van der Waals surface area contributed by atoms with Crippen LogP contribution < -0.4 is 14.8 Å². The van der Waals surface area contributed by atoms with Gasteiger partial charge in [0.25, 0.3) is 0 Å². The Bertz CT molecular complexity index is 822. The van der Waals surface area contributed by atoms with E-state index in [1.807, 2.05) is 76.2 Å². The largest absolute Gasteiger partial charge is 0.493 e. The molecule has 0 heterocycles. The van der Waals surface area contributed by atoms with Crippen molar-refractivity contribution in [1.29, 1.82) is 0 Å². The van der Waals surface area contributed by atoms with Crippen molar-refractivity contribution >= 4 is 11.8 Å². The lowest BCUT2D eigenvalue weighted by Crippen LogP contribution is -2.39. The van der Waals surface area contributed by atoms with Gasteiger partial charge in [-0.1, -0.05) is 71.0 Å². The number of amides is 2. The third-order valence-electron chi connectivity index (χ3n) is 4.67. The monoisotopic (exact) mass is 442 g/mol. The average molecular weight is 443 g/mol. The maximum atomic E-state index is 12.6. The van der Waals surface area contributed by atoms with E-state index >= 15 is 0 Å². The Morgan fingerprint density at radius 2 is 1.69 bits per heavy atom. The molecule has 0 saturated carbocycles. The molecule has 0 aliphatic carbocycles. The van der Waals surface area contributed by atoms with Crippen molar-refractivity contribution < 1.29 is 19.1 Å². The van der Waals surface area contributed by atoms with E-state index in [0.717, 1.165) is 11.1 Å². The smallest absolute Gasteiger partial charge is 0.225 e. The van der Waals surface area contributed by atoms with Crippen molar-refractivity contribution in [3.8, 4) is 11.5 Å². The van der Waals surface area contributed by atoms with Crippen LogP contribution in [0.5, 0.6) is 11.5 Å². The van der Waals surface area contributed by atoms with E-state index in [4.69, 9.17) is 9.47 Å². The number of methoxy groups -OCH3 is 1. The minimum atomic E-state index is -0.123. The van der Waals surface area contributed by atoms with Gasteiger partial charge in [0.2, 0.25) is 11.8 Å². The molecule has 6 nitrogen and oxygen atoms in total. The molecule has 0 atom stereocenters. The van der Waals surface area contributed by atoms with Crippen molar-refractivity contribution in [1.82, 2.24) is 10.2 Å². The van der Waals surface area contributed by atoms with E-state index in [9.17, 15) is 9.59 Å². The number of hydrogen-bond donors (Lipinski definition) is 1. The second kappa shape index (κ2) is 14.9. The molecule has 176 valence electrons. The zero-order chi connectivity index (χ0) is 23.9. The van der Waals surface area contributed by atoms with Gasteiger partial charge in [-0.15, -0.1) is 0 Å². The molecule has 2 aromatic carbocycles. The first-order chi connectivity index (χ1) is 15.4. The van der Waals surface area contributed by atoms with Gasteiger partial charge in [0.1, 0.15) is 6.61 Å². The van der Waals surface area contributed by atoms with E-state index < -0.39 is 0 Å². The van der Waals surface area contributed by atoms with E-state index in [0.29, 0.717) is 44.2 Å². The predicted molar refractivity (Wildman–Crippen MR) is 129 cm³/mol. The first-order valence-electron chi connectivity index (χ1n) is 11.3. The van der Waals surface area contributed by atoms with Crippen LogP contribution in [0.25, 0.3) is 0 Å². The molecular formula is C26H38N2O4. The molecule has 0 saturated heterocycles. The second-order valence-corrected chi connectivity index (χ2v) is 7.38. The zero-order valence-corrected chi connectivity index (χ0v) is 20.3. The third-order valence-corrected chi connectivity index (χ3v) is 4.67. The summed E-state index contributed by atoms with van der Waals surface area (Å²) in [6, 6.07) is 15.6. The predicted octanol–water partition coefficient (Wildman–Crippen LogP) is 4.81. The minimum absolute atomic E-state index is 0.0199. The number of nitrogens with zero attached hydrogens (tertiary/aromatic N) is 1. The molecule has 6 heteroatoms. The van der Waals surface area contributed by atoms with Crippen LogP contribution in [-0.2, 0) is 22.7 Å². The van der Waals surface area contributed by atoms with Gasteiger partial charge in [-0.05, 0) is 23.3 Å². The summed E-state index contributed by atoms with van der Waals surface area (Å²) in [5, 5.41) is 2.83. The molecule has 0 unspecified atom stereocenters. The van der Waals surface area contributed by atoms with Gasteiger partial charge in [-0.3, -0.25) is 9.59 Å². The molecule has 0 spiro atoms. The number of benzene rings is 2. The molecule has 0 aromatic heterocycles. The lowest BCUT2D eigenvalue weighted by Gasteiger charge is -2.25. The van der Waals surface area contributed by atoms with Gasteiger partial charge >= 0.3 is 0 Å². The summed E-state index contributed by atoms with van der Waals surface area (Å²) in [6.07, 6.45) is 0.430. The summed E-state index contributed by atoms with van der Waals surface area (Å²) in [5.41, 5.74) is 2.01. The summed E-state index contributed by atoms with van der Waals surface area (Å²) < 4.78 is 11.4. The van der Waals surface area contributed by atoms with E-state index in [1.165, 1.54) is 0 Å². The van der Waals surface area contributed by atoms with E-state index in [2.05, 4.69) is 5.32 Å². The molecule has 32 heavy (non-hydrogen) atoms. The fraction of sp³-hybridized carbons (Fsp3) is 0.462. The van der Waals surface area contributed by atoms with Crippen LogP contribution in [0.15, 0.2) is 48.5 Å². The van der Waals surface area contributed by atoms with Crippen molar-refractivity contribution in [3.05, 3.63) is 59.7 Å². The highest BCUT2D eigenvalue weighted by molar-refractivity contribution is 5.78. The van der Waals surface area contributed by atoms with Gasteiger partial charge in [-0.2, -0.15) is 0 Å². The Morgan fingerprint density at radius 1 is 1.00 bits per heavy atom. The molecule has 0 aliphatic heterocycles. The molecule has 1 N–H and O–H groups in total. The summed E-state index contributed by atoms with van der Waals surface area (Å²) in [6.45, 7) is 11.3. The van der Waals surface area contributed by atoms with Crippen LogP contribution in [0.1, 0.15) is 52.2 Å². The van der Waals surface area contributed by atoms with Gasteiger partial charge in [0.15, 0.2) is 11.5 Å². The zero-order valence-electron chi connectivity index (χ0n) is 20.3. The van der Waals surface area contributed by atoms with E-state index in [-0.39, 0.29) is 17.7 Å². The van der Waals surface area contributed by atoms with Crippen LogP contribution in [0.4, 0.5) is 0 Å². The minimum Gasteiger partial charge on any atom is -0.493 e. The molecule has 0 radical (unpaired) electrons. The fourth-order valence-corrected chi connectivity index (χ4v) is 2.97. The standard InChI is InChI=1S/C24H32N2O4.C2H6/c1-5-23(27)25-13-14-26(24(28)18(2)3)16-20-11-12-21(22(15-20)29-4)30-17-19-9-7-6-8-10-19;1-2/h6-12,15,18H,5,13-14,16-17H2,1-4H3,(H,25,27);1-2H3. The molecular weight excluding hydrogens is 404 g/mol. The summed E-state index contributed by atoms with van der Waals surface area (Å²) in [5.74, 6) is 1.18. The van der Waals surface area contributed by atoms with Crippen molar-refractivity contribution in [2.45, 2.75) is 54.2 Å².